The maximum absolute atomic E-state index is 5.99. The maximum atomic E-state index is 5.99. The lowest BCUT2D eigenvalue weighted by Crippen LogP contribution is -2.21. The minimum absolute atomic E-state index is 0.199. The van der Waals surface area contributed by atoms with Gasteiger partial charge in [0, 0.05) is 10.5 Å². The highest BCUT2D eigenvalue weighted by Crippen LogP contribution is 2.32. The third-order valence-corrected chi connectivity index (χ3v) is 4.16. The average molecular weight is 399 g/mol. The van der Waals surface area contributed by atoms with E-state index >= 15 is 0 Å². The van der Waals surface area contributed by atoms with E-state index in [0.717, 1.165) is 33.3 Å². The number of nitrogens with two attached hydrogens (primary N) is 1. The lowest BCUT2D eigenvalue weighted by molar-refractivity contribution is 0.478. The fraction of sp³-hybridized carbons (Fsp3) is 0.250. The summed E-state index contributed by atoms with van der Waals surface area (Å²) in [5.74, 6) is 1.62. The summed E-state index contributed by atoms with van der Waals surface area (Å²) in [6.45, 7) is 2.10. The van der Waals surface area contributed by atoms with Gasteiger partial charge in [-0.2, -0.15) is 0 Å². The van der Waals surface area contributed by atoms with Gasteiger partial charge in [0.05, 0.1) is 4.47 Å². The molecule has 4 heteroatoms. The van der Waals surface area contributed by atoms with Crippen LogP contribution in [0, 0.1) is 0 Å². The molecule has 0 bridgehead atoms. The highest BCUT2D eigenvalue weighted by Gasteiger charge is 2.06. The lowest BCUT2D eigenvalue weighted by atomic mass is 10.0. The maximum Gasteiger partial charge on any atom is 0.141 e. The molecule has 2 aromatic rings. The Labute approximate surface area is 136 Å². The number of hydrogen-bond donors (Lipinski definition) is 1. The van der Waals surface area contributed by atoms with Crippen molar-refractivity contribution in [2.45, 2.75) is 25.8 Å². The standard InChI is InChI=1S/C16H17Br2NO/c1-2-13(19)8-11-4-3-5-14(9-11)20-16-7-6-12(17)10-15(16)18/h3-7,9-10,13H,2,8,19H2,1H3. The zero-order valence-corrected chi connectivity index (χ0v) is 14.4. The van der Waals surface area contributed by atoms with Crippen LogP contribution in [-0.2, 0) is 6.42 Å². The highest BCUT2D eigenvalue weighted by molar-refractivity contribution is 9.11. The molecule has 0 aliphatic rings. The molecule has 0 radical (unpaired) electrons. The Morgan fingerprint density at radius 3 is 2.65 bits per heavy atom. The van der Waals surface area contributed by atoms with Crippen LogP contribution < -0.4 is 10.5 Å². The molecule has 0 amide bonds. The van der Waals surface area contributed by atoms with Gasteiger partial charge in [-0.1, -0.05) is 35.0 Å². The van der Waals surface area contributed by atoms with Crippen LogP contribution in [0.2, 0.25) is 0 Å². The lowest BCUT2D eigenvalue weighted by Gasteiger charge is -2.11. The largest absolute Gasteiger partial charge is 0.456 e. The second-order valence-corrected chi connectivity index (χ2v) is 6.47. The van der Waals surface area contributed by atoms with Crippen molar-refractivity contribution >= 4 is 31.9 Å². The van der Waals surface area contributed by atoms with E-state index in [4.69, 9.17) is 10.5 Å². The third kappa shape index (κ3) is 4.33. The van der Waals surface area contributed by atoms with E-state index in [9.17, 15) is 0 Å². The molecule has 2 rings (SSSR count). The van der Waals surface area contributed by atoms with Gasteiger partial charge in [-0.3, -0.25) is 0 Å². The van der Waals surface area contributed by atoms with Gasteiger partial charge < -0.3 is 10.5 Å². The first-order chi connectivity index (χ1) is 9.58. The zero-order valence-electron chi connectivity index (χ0n) is 11.3. The molecule has 106 valence electrons. The van der Waals surface area contributed by atoms with Crippen molar-refractivity contribution in [3.63, 3.8) is 0 Å². The van der Waals surface area contributed by atoms with Gasteiger partial charge in [0.1, 0.15) is 11.5 Å². The van der Waals surface area contributed by atoms with E-state index in [-0.39, 0.29) is 6.04 Å². The molecule has 20 heavy (non-hydrogen) atoms. The minimum Gasteiger partial charge on any atom is -0.456 e. The summed E-state index contributed by atoms with van der Waals surface area (Å²) in [5.41, 5.74) is 7.19. The molecule has 0 aromatic heterocycles. The van der Waals surface area contributed by atoms with E-state index in [1.807, 2.05) is 36.4 Å². The number of rotatable bonds is 5. The number of hydrogen-bond acceptors (Lipinski definition) is 2. The van der Waals surface area contributed by atoms with Crippen LogP contribution in [0.15, 0.2) is 51.4 Å². The Morgan fingerprint density at radius 1 is 1.15 bits per heavy atom. The van der Waals surface area contributed by atoms with Crippen LogP contribution in [0.4, 0.5) is 0 Å². The second kappa shape index (κ2) is 7.25. The fourth-order valence-electron chi connectivity index (χ4n) is 1.87. The number of halogens is 2. The third-order valence-electron chi connectivity index (χ3n) is 3.04. The van der Waals surface area contributed by atoms with Gasteiger partial charge in [-0.05, 0) is 64.7 Å². The van der Waals surface area contributed by atoms with Gasteiger partial charge >= 0.3 is 0 Å². The molecule has 0 aliphatic heterocycles. The smallest absolute Gasteiger partial charge is 0.141 e. The second-order valence-electron chi connectivity index (χ2n) is 4.70. The summed E-state index contributed by atoms with van der Waals surface area (Å²) in [4.78, 5) is 0. The Morgan fingerprint density at radius 2 is 1.95 bits per heavy atom. The molecular weight excluding hydrogens is 382 g/mol. The first-order valence-electron chi connectivity index (χ1n) is 6.56. The van der Waals surface area contributed by atoms with Gasteiger partial charge in [0.2, 0.25) is 0 Å². The van der Waals surface area contributed by atoms with Crippen LogP contribution in [0.1, 0.15) is 18.9 Å². The summed E-state index contributed by atoms with van der Waals surface area (Å²) in [5, 5.41) is 0. The highest BCUT2D eigenvalue weighted by atomic mass is 79.9. The van der Waals surface area contributed by atoms with Gasteiger partial charge in [0.25, 0.3) is 0 Å². The van der Waals surface area contributed by atoms with Crippen molar-refractivity contribution in [3.8, 4) is 11.5 Å². The molecule has 2 nitrogen and oxygen atoms in total. The average Bonchev–Trinajstić information content (AvgIpc) is 2.42. The van der Waals surface area contributed by atoms with Crippen LogP contribution in [0.5, 0.6) is 11.5 Å². The summed E-state index contributed by atoms with van der Waals surface area (Å²) < 4.78 is 7.84. The quantitative estimate of drug-likeness (QED) is 0.743. The molecule has 0 heterocycles. The van der Waals surface area contributed by atoms with E-state index in [2.05, 4.69) is 44.8 Å². The summed E-state index contributed by atoms with van der Waals surface area (Å²) in [6.07, 6.45) is 1.85. The monoisotopic (exact) mass is 397 g/mol. The molecule has 0 aliphatic carbocycles. The zero-order chi connectivity index (χ0) is 14.5. The molecule has 0 fully saturated rings. The molecule has 0 saturated carbocycles. The Kier molecular flexibility index (Phi) is 5.64. The van der Waals surface area contributed by atoms with Crippen LogP contribution in [-0.4, -0.2) is 6.04 Å². The minimum atomic E-state index is 0.199. The molecule has 0 spiro atoms. The topological polar surface area (TPSA) is 35.2 Å². The van der Waals surface area contributed by atoms with Crippen LogP contribution in [0.25, 0.3) is 0 Å². The van der Waals surface area contributed by atoms with Crippen molar-refractivity contribution in [2.24, 2.45) is 5.73 Å². The Hall–Kier alpha value is -0.840. The molecule has 2 aromatic carbocycles. The van der Waals surface area contributed by atoms with Gasteiger partial charge in [-0.15, -0.1) is 0 Å². The van der Waals surface area contributed by atoms with Crippen molar-refractivity contribution in [3.05, 3.63) is 57.0 Å². The number of ether oxygens (including phenoxy) is 1. The first kappa shape index (κ1) is 15.5. The summed E-state index contributed by atoms with van der Waals surface area (Å²) in [7, 11) is 0. The van der Waals surface area contributed by atoms with E-state index in [1.165, 1.54) is 5.56 Å². The molecular formula is C16H17Br2NO. The predicted molar refractivity (Wildman–Crippen MR) is 90.3 cm³/mol. The van der Waals surface area contributed by atoms with Crippen molar-refractivity contribution in [1.82, 2.24) is 0 Å². The Bertz CT molecular complexity index is 586. The molecule has 0 saturated heterocycles. The molecule has 2 N–H and O–H groups in total. The van der Waals surface area contributed by atoms with E-state index in [0.29, 0.717) is 0 Å². The van der Waals surface area contributed by atoms with Gasteiger partial charge in [-0.25, -0.2) is 0 Å². The molecule has 1 unspecified atom stereocenters. The first-order valence-corrected chi connectivity index (χ1v) is 8.14. The van der Waals surface area contributed by atoms with E-state index in [1.54, 1.807) is 0 Å². The summed E-state index contributed by atoms with van der Waals surface area (Å²) in [6, 6.07) is 14.1. The van der Waals surface area contributed by atoms with E-state index < -0.39 is 0 Å². The molecule has 1 atom stereocenters. The fourth-order valence-corrected chi connectivity index (χ4v) is 3.00. The van der Waals surface area contributed by atoms with Gasteiger partial charge in [0.15, 0.2) is 0 Å². The predicted octanol–water partition coefficient (Wildman–Crippen LogP) is 5.28. The Balaban J connectivity index is 2.15. The normalized spacial score (nSPS) is 12.2. The van der Waals surface area contributed by atoms with Crippen LogP contribution in [0.3, 0.4) is 0 Å². The number of benzene rings is 2. The van der Waals surface area contributed by atoms with Crippen molar-refractivity contribution in [1.29, 1.82) is 0 Å². The van der Waals surface area contributed by atoms with Crippen LogP contribution >= 0.6 is 31.9 Å². The summed E-state index contributed by atoms with van der Waals surface area (Å²) >= 11 is 6.93. The van der Waals surface area contributed by atoms with Crippen molar-refractivity contribution in [2.75, 3.05) is 0 Å². The van der Waals surface area contributed by atoms with Crippen molar-refractivity contribution < 1.29 is 4.74 Å². The SMILES string of the molecule is CCC(N)Cc1cccc(Oc2ccc(Br)cc2Br)c1.